The van der Waals surface area contributed by atoms with Crippen LogP contribution in [0.4, 0.5) is 0 Å². The van der Waals surface area contributed by atoms with E-state index >= 15 is 0 Å². The summed E-state index contributed by atoms with van der Waals surface area (Å²) < 4.78 is 11.6. The fraction of sp³-hybridized carbons (Fsp3) is 0.333. The van der Waals surface area contributed by atoms with Gasteiger partial charge in [0.15, 0.2) is 6.29 Å². The number of benzene rings is 2. The smallest absolute Gasteiger partial charge is 0.184 e. The molecular weight excluding hydrogens is 212 g/mol. The minimum Gasteiger partial charge on any atom is -0.343 e. The molecule has 88 valence electrons. The van der Waals surface area contributed by atoms with Gasteiger partial charge in [0.2, 0.25) is 0 Å². The quantitative estimate of drug-likeness (QED) is 0.741. The Morgan fingerprint density at radius 1 is 0.824 bits per heavy atom. The molecular formula is C15H16O2. The van der Waals surface area contributed by atoms with Crippen molar-refractivity contribution in [2.24, 2.45) is 0 Å². The summed E-state index contributed by atoms with van der Waals surface area (Å²) in [6, 6.07) is 14.7. The number of hydrogen-bond acceptors (Lipinski definition) is 2. The molecule has 2 nitrogen and oxygen atoms in total. The minimum atomic E-state index is -0.218. The van der Waals surface area contributed by atoms with Crippen molar-refractivity contribution in [1.29, 1.82) is 0 Å². The molecule has 0 radical (unpaired) electrons. The van der Waals surface area contributed by atoms with E-state index in [1.165, 1.54) is 10.8 Å². The van der Waals surface area contributed by atoms with E-state index in [1.54, 1.807) is 0 Å². The number of rotatable bonds is 1. The van der Waals surface area contributed by atoms with Gasteiger partial charge in [0, 0.05) is 5.56 Å². The Bertz CT molecular complexity index is 525. The van der Waals surface area contributed by atoms with Crippen LogP contribution in [0.3, 0.4) is 0 Å². The van der Waals surface area contributed by atoms with Gasteiger partial charge in [-0.3, -0.25) is 0 Å². The van der Waals surface area contributed by atoms with Crippen LogP contribution in [0.2, 0.25) is 0 Å². The molecule has 2 atom stereocenters. The highest BCUT2D eigenvalue weighted by molar-refractivity contribution is 5.83. The second-order valence-electron chi connectivity index (χ2n) is 4.62. The molecule has 0 N–H and O–H groups in total. The lowest BCUT2D eigenvalue weighted by molar-refractivity contribution is -0.0651. The largest absolute Gasteiger partial charge is 0.343 e. The zero-order chi connectivity index (χ0) is 11.8. The van der Waals surface area contributed by atoms with Gasteiger partial charge < -0.3 is 9.47 Å². The van der Waals surface area contributed by atoms with Crippen LogP contribution in [-0.2, 0) is 9.47 Å². The van der Waals surface area contributed by atoms with Crippen LogP contribution >= 0.6 is 0 Å². The summed E-state index contributed by atoms with van der Waals surface area (Å²) in [6.07, 6.45) is 0.0996. The third-order valence-corrected chi connectivity index (χ3v) is 3.38. The first-order valence-electron chi connectivity index (χ1n) is 6.03. The molecule has 1 fully saturated rings. The van der Waals surface area contributed by atoms with Gasteiger partial charge in [-0.1, -0.05) is 36.4 Å². The molecule has 0 saturated carbocycles. The minimum absolute atomic E-state index is 0.159. The van der Waals surface area contributed by atoms with E-state index in [4.69, 9.17) is 9.47 Å². The van der Waals surface area contributed by atoms with Gasteiger partial charge in [0.25, 0.3) is 0 Å². The number of ether oxygens (including phenoxy) is 2. The second kappa shape index (κ2) is 4.13. The molecule has 1 heterocycles. The summed E-state index contributed by atoms with van der Waals surface area (Å²) in [7, 11) is 0. The van der Waals surface area contributed by atoms with Crippen molar-refractivity contribution in [3.05, 3.63) is 48.0 Å². The third-order valence-electron chi connectivity index (χ3n) is 3.38. The van der Waals surface area contributed by atoms with Crippen molar-refractivity contribution in [3.8, 4) is 0 Å². The van der Waals surface area contributed by atoms with Crippen molar-refractivity contribution < 1.29 is 9.47 Å². The van der Waals surface area contributed by atoms with Gasteiger partial charge in [-0.05, 0) is 30.7 Å². The Hall–Kier alpha value is -1.38. The van der Waals surface area contributed by atoms with Crippen molar-refractivity contribution in [1.82, 2.24) is 0 Å². The van der Waals surface area contributed by atoms with E-state index in [2.05, 4.69) is 36.4 Å². The van der Waals surface area contributed by atoms with Gasteiger partial charge in [0.05, 0.1) is 12.2 Å². The fourth-order valence-electron chi connectivity index (χ4n) is 2.15. The summed E-state index contributed by atoms with van der Waals surface area (Å²) in [5.74, 6) is 0. The van der Waals surface area contributed by atoms with Crippen molar-refractivity contribution in [3.63, 3.8) is 0 Å². The van der Waals surface area contributed by atoms with Crippen LogP contribution < -0.4 is 0 Å². The highest BCUT2D eigenvalue weighted by atomic mass is 16.7. The highest BCUT2D eigenvalue weighted by Gasteiger charge is 2.30. The predicted octanol–water partition coefficient (Wildman–Crippen LogP) is 3.66. The SMILES string of the molecule is CC1OC(c2ccc3ccccc3c2)OC1C. The van der Waals surface area contributed by atoms with Crippen LogP contribution in [0.25, 0.3) is 10.8 Å². The predicted molar refractivity (Wildman–Crippen MR) is 67.8 cm³/mol. The maximum absolute atomic E-state index is 5.79. The second-order valence-corrected chi connectivity index (χ2v) is 4.62. The first-order chi connectivity index (χ1) is 8.24. The zero-order valence-corrected chi connectivity index (χ0v) is 10.1. The Kier molecular flexibility index (Phi) is 2.61. The lowest BCUT2D eigenvalue weighted by atomic mass is 10.1. The van der Waals surface area contributed by atoms with Gasteiger partial charge in [-0.15, -0.1) is 0 Å². The van der Waals surface area contributed by atoms with Crippen LogP contribution in [-0.4, -0.2) is 12.2 Å². The van der Waals surface area contributed by atoms with E-state index < -0.39 is 0 Å². The molecule has 1 saturated heterocycles. The molecule has 17 heavy (non-hydrogen) atoms. The summed E-state index contributed by atoms with van der Waals surface area (Å²) in [4.78, 5) is 0. The molecule has 0 aliphatic carbocycles. The van der Waals surface area contributed by atoms with Gasteiger partial charge in [-0.25, -0.2) is 0 Å². The summed E-state index contributed by atoms with van der Waals surface area (Å²) in [6.45, 7) is 4.09. The average Bonchev–Trinajstić information content (AvgIpc) is 2.69. The Balaban J connectivity index is 1.96. The average molecular weight is 228 g/mol. The third kappa shape index (κ3) is 1.94. The van der Waals surface area contributed by atoms with Crippen LogP contribution in [0.15, 0.2) is 42.5 Å². The van der Waals surface area contributed by atoms with Crippen molar-refractivity contribution in [2.45, 2.75) is 32.3 Å². The molecule has 1 aliphatic rings. The standard InChI is InChI=1S/C15H16O2/c1-10-11(2)17-15(16-10)14-8-7-12-5-3-4-6-13(12)9-14/h3-11,15H,1-2H3. The molecule has 0 spiro atoms. The Labute approximate surface area is 101 Å². The van der Waals surface area contributed by atoms with E-state index in [1.807, 2.05) is 19.9 Å². The molecule has 0 aromatic heterocycles. The monoisotopic (exact) mass is 228 g/mol. The first-order valence-corrected chi connectivity index (χ1v) is 6.03. The molecule has 2 unspecified atom stereocenters. The molecule has 1 aliphatic heterocycles. The van der Waals surface area contributed by atoms with Crippen molar-refractivity contribution >= 4 is 10.8 Å². The van der Waals surface area contributed by atoms with E-state index in [-0.39, 0.29) is 18.5 Å². The van der Waals surface area contributed by atoms with E-state index in [9.17, 15) is 0 Å². The van der Waals surface area contributed by atoms with Crippen LogP contribution in [0, 0.1) is 0 Å². The fourth-order valence-corrected chi connectivity index (χ4v) is 2.15. The lowest BCUT2D eigenvalue weighted by Crippen LogP contribution is -2.13. The topological polar surface area (TPSA) is 18.5 Å². The van der Waals surface area contributed by atoms with Crippen molar-refractivity contribution in [2.75, 3.05) is 0 Å². The highest BCUT2D eigenvalue weighted by Crippen LogP contribution is 2.32. The number of fused-ring (bicyclic) bond motifs is 1. The number of hydrogen-bond donors (Lipinski definition) is 0. The molecule has 3 rings (SSSR count). The van der Waals surface area contributed by atoms with E-state index in [0.29, 0.717) is 0 Å². The van der Waals surface area contributed by atoms with Gasteiger partial charge >= 0.3 is 0 Å². The maximum Gasteiger partial charge on any atom is 0.184 e. The maximum atomic E-state index is 5.79. The normalized spacial score (nSPS) is 28.7. The van der Waals surface area contributed by atoms with Crippen LogP contribution in [0.5, 0.6) is 0 Å². The molecule has 0 bridgehead atoms. The Morgan fingerprint density at radius 3 is 2.18 bits per heavy atom. The van der Waals surface area contributed by atoms with Crippen LogP contribution in [0.1, 0.15) is 25.7 Å². The Morgan fingerprint density at radius 2 is 1.47 bits per heavy atom. The summed E-state index contributed by atoms with van der Waals surface area (Å²) >= 11 is 0. The molecule has 0 amide bonds. The zero-order valence-electron chi connectivity index (χ0n) is 10.1. The van der Waals surface area contributed by atoms with Gasteiger partial charge in [-0.2, -0.15) is 0 Å². The summed E-state index contributed by atoms with van der Waals surface area (Å²) in [5.41, 5.74) is 1.10. The molecule has 2 heteroatoms. The lowest BCUT2D eigenvalue weighted by Gasteiger charge is -2.11. The summed E-state index contributed by atoms with van der Waals surface area (Å²) in [5, 5.41) is 2.47. The molecule has 2 aromatic rings. The van der Waals surface area contributed by atoms with Gasteiger partial charge in [0.1, 0.15) is 0 Å². The van der Waals surface area contributed by atoms with E-state index in [0.717, 1.165) is 5.56 Å². The molecule has 2 aromatic carbocycles. The first kappa shape index (κ1) is 10.8.